The van der Waals surface area contributed by atoms with Gasteiger partial charge in [-0.15, -0.1) is 0 Å². The van der Waals surface area contributed by atoms with Crippen LogP contribution in [0.3, 0.4) is 0 Å². The molecular formula is C11H21N. The van der Waals surface area contributed by atoms with E-state index < -0.39 is 0 Å². The first kappa shape index (κ1) is 8.55. The molecule has 0 radical (unpaired) electrons. The van der Waals surface area contributed by atoms with Crippen molar-refractivity contribution in [3.63, 3.8) is 0 Å². The van der Waals surface area contributed by atoms with Gasteiger partial charge in [0, 0.05) is 12.6 Å². The Bertz CT molecular complexity index is 152. The Balaban J connectivity index is 1.95. The lowest BCUT2D eigenvalue weighted by Gasteiger charge is -2.36. The molecule has 2 fully saturated rings. The Labute approximate surface area is 75.9 Å². The molecule has 0 aromatic rings. The Hall–Kier alpha value is -0.0400. The molecule has 2 aliphatic rings. The molecule has 0 spiro atoms. The number of hydrogen-bond donors (Lipinski definition) is 1. The fourth-order valence-corrected chi connectivity index (χ4v) is 2.72. The highest BCUT2D eigenvalue weighted by Crippen LogP contribution is 2.42. The second-order valence-electron chi connectivity index (χ2n) is 5.12. The van der Waals surface area contributed by atoms with E-state index in [1.165, 1.54) is 38.6 Å². The van der Waals surface area contributed by atoms with Crippen LogP contribution in [-0.2, 0) is 0 Å². The van der Waals surface area contributed by atoms with Crippen LogP contribution in [-0.4, -0.2) is 12.6 Å². The summed E-state index contributed by atoms with van der Waals surface area (Å²) in [5.41, 5.74) is 0.570. The Morgan fingerprint density at radius 3 is 2.17 bits per heavy atom. The third kappa shape index (κ3) is 1.52. The first-order valence-corrected chi connectivity index (χ1v) is 5.44. The highest BCUT2D eigenvalue weighted by Gasteiger charge is 2.42. The Kier molecular flexibility index (Phi) is 2.16. The highest BCUT2D eigenvalue weighted by atomic mass is 15.1. The summed E-state index contributed by atoms with van der Waals surface area (Å²) in [5.74, 6) is 0.992. The van der Waals surface area contributed by atoms with Gasteiger partial charge in [0.05, 0.1) is 0 Å². The van der Waals surface area contributed by atoms with Crippen LogP contribution >= 0.6 is 0 Å². The number of nitrogens with one attached hydrogen (secondary N) is 1. The van der Waals surface area contributed by atoms with Crippen molar-refractivity contribution in [1.82, 2.24) is 5.32 Å². The predicted octanol–water partition coefficient (Wildman–Crippen LogP) is 2.56. The molecule has 70 valence electrons. The molecule has 12 heavy (non-hydrogen) atoms. The largest absolute Gasteiger partial charge is 0.311 e. The molecule has 0 aromatic carbocycles. The quantitative estimate of drug-likeness (QED) is 0.627. The maximum absolute atomic E-state index is 3.47. The molecule has 1 saturated heterocycles. The molecule has 1 nitrogen and oxygen atoms in total. The highest BCUT2D eigenvalue weighted by molar-refractivity contribution is 4.99. The maximum atomic E-state index is 3.47. The lowest BCUT2D eigenvalue weighted by Crippen LogP contribution is -2.32. The molecule has 1 aliphatic heterocycles. The van der Waals surface area contributed by atoms with Crippen molar-refractivity contribution >= 4 is 0 Å². The standard InChI is InChI=1S/C11H21N/c1-11(2,10-8-12-10)9-6-4-3-5-7-9/h9-10,12H,3-8H2,1-2H3. The van der Waals surface area contributed by atoms with Crippen LogP contribution in [0.5, 0.6) is 0 Å². The zero-order chi connectivity index (χ0) is 8.60. The molecule has 2 rings (SSSR count). The smallest absolute Gasteiger partial charge is 0.0246 e. The normalized spacial score (nSPS) is 32.0. The fourth-order valence-electron chi connectivity index (χ4n) is 2.72. The average molecular weight is 167 g/mol. The second-order valence-corrected chi connectivity index (χ2v) is 5.12. The average Bonchev–Trinajstić information content (AvgIpc) is 2.88. The van der Waals surface area contributed by atoms with Gasteiger partial charge in [0.1, 0.15) is 0 Å². The molecule has 0 aromatic heterocycles. The lowest BCUT2D eigenvalue weighted by molar-refractivity contribution is 0.155. The summed E-state index contributed by atoms with van der Waals surface area (Å²) >= 11 is 0. The second kappa shape index (κ2) is 3.02. The van der Waals surface area contributed by atoms with Crippen LogP contribution in [0.25, 0.3) is 0 Å². The van der Waals surface area contributed by atoms with Crippen molar-refractivity contribution in [3.8, 4) is 0 Å². The Morgan fingerprint density at radius 2 is 1.67 bits per heavy atom. The van der Waals surface area contributed by atoms with Crippen LogP contribution in [0.15, 0.2) is 0 Å². The third-order valence-electron chi connectivity index (χ3n) is 3.96. The zero-order valence-corrected chi connectivity index (χ0v) is 8.40. The van der Waals surface area contributed by atoms with E-state index in [4.69, 9.17) is 0 Å². The van der Waals surface area contributed by atoms with Crippen molar-refractivity contribution in [2.45, 2.75) is 52.0 Å². The summed E-state index contributed by atoms with van der Waals surface area (Å²) in [6, 6.07) is 0.834. The van der Waals surface area contributed by atoms with E-state index in [1.54, 1.807) is 0 Å². The first-order valence-electron chi connectivity index (χ1n) is 5.44. The SMILES string of the molecule is CC(C)(C1CCCCC1)C1CN1. The van der Waals surface area contributed by atoms with E-state index in [-0.39, 0.29) is 0 Å². The van der Waals surface area contributed by atoms with Crippen molar-refractivity contribution in [1.29, 1.82) is 0 Å². The first-order chi connectivity index (χ1) is 5.71. The molecule has 1 aliphatic carbocycles. The topological polar surface area (TPSA) is 21.9 Å². The predicted molar refractivity (Wildman–Crippen MR) is 52.1 cm³/mol. The van der Waals surface area contributed by atoms with Crippen LogP contribution < -0.4 is 5.32 Å². The van der Waals surface area contributed by atoms with Crippen LogP contribution in [0, 0.1) is 11.3 Å². The summed E-state index contributed by atoms with van der Waals surface area (Å²) in [7, 11) is 0. The minimum atomic E-state index is 0.570. The van der Waals surface area contributed by atoms with Crippen molar-refractivity contribution in [3.05, 3.63) is 0 Å². The van der Waals surface area contributed by atoms with Gasteiger partial charge in [0.2, 0.25) is 0 Å². The minimum Gasteiger partial charge on any atom is -0.311 e. The molecule has 1 unspecified atom stereocenters. The van der Waals surface area contributed by atoms with Gasteiger partial charge >= 0.3 is 0 Å². The summed E-state index contributed by atoms with van der Waals surface area (Å²) < 4.78 is 0. The molecular weight excluding hydrogens is 146 g/mol. The van der Waals surface area contributed by atoms with Gasteiger partial charge in [-0.1, -0.05) is 33.1 Å². The third-order valence-corrected chi connectivity index (χ3v) is 3.96. The number of hydrogen-bond acceptors (Lipinski definition) is 1. The molecule has 1 heterocycles. The zero-order valence-electron chi connectivity index (χ0n) is 8.40. The molecule has 1 saturated carbocycles. The van der Waals surface area contributed by atoms with Gasteiger partial charge < -0.3 is 5.32 Å². The van der Waals surface area contributed by atoms with E-state index in [0.717, 1.165) is 12.0 Å². The van der Waals surface area contributed by atoms with Crippen molar-refractivity contribution in [2.75, 3.05) is 6.54 Å². The van der Waals surface area contributed by atoms with Crippen molar-refractivity contribution in [2.24, 2.45) is 11.3 Å². The summed E-state index contributed by atoms with van der Waals surface area (Å²) in [6.45, 7) is 6.17. The molecule has 0 bridgehead atoms. The fraction of sp³-hybridized carbons (Fsp3) is 1.00. The maximum Gasteiger partial charge on any atom is 0.0246 e. The van der Waals surface area contributed by atoms with Crippen LogP contribution in [0.4, 0.5) is 0 Å². The molecule has 0 amide bonds. The van der Waals surface area contributed by atoms with Gasteiger partial charge in [0.25, 0.3) is 0 Å². The van der Waals surface area contributed by atoms with Gasteiger partial charge in [-0.05, 0) is 24.2 Å². The van der Waals surface area contributed by atoms with Crippen LogP contribution in [0.1, 0.15) is 46.0 Å². The van der Waals surface area contributed by atoms with E-state index >= 15 is 0 Å². The minimum absolute atomic E-state index is 0.570. The van der Waals surface area contributed by atoms with E-state index in [0.29, 0.717) is 5.41 Å². The van der Waals surface area contributed by atoms with Gasteiger partial charge in [0.15, 0.2) is 0 Å². The van der Waals surface area contributed by atoms with E-state index in [1.807, 2.05) is 0 Å². The van der Waals surface area contributed by atoms with Gasteiger partial charge in [-0.25, -0.2) is 0 Å². The monoisotopic (exact) mass is 167 g/mol. The van der Waals surface area contributed by atoms with E-state index in [2.05, 4.69) is 19.2 Å². The lowest BCUT2D eigenvalue weighted by atomic mass is 9.69. The summed E-state index contributed by atoms with van der Waals surface area (Å²) in [5, 5.41) is 3.47. The summed E-state index contributed by atoms with van der Waals surface area (Å²) in [6.07, 6.45) is 7.38. The van der Waals surface area contributed by atoms with Crippen LogP contribution in [0.2, 0.25) is 0 Å². The number of rotatable bonds is 2. The van der Waals surface area contributed by atoms with Crippen molar-refractivity contribution < 1.29 is 0 Å². The molecule has 1 heteroatoms. The summed E-state index contributed by atoms with van der Waals surface area (Å²) in [4.78, 5) is 0. The molecule has 1 N–H and O–H groups in total. The molecule has 1 atom stereocenters. The van der Waals surface area contributed by atoms with E-state index in [9.17, 15) is 0 Å². The Morgan fingerprint density at radius 1 is 1.08 bits per heavy atom. The van der Waals surface area contributed by atoms with Gasteiger partial charge in [-0.2, -0.15) is 0 Å². The van der Waals surface area contributed by atoms with Gasteiger partial charge in [-0.3, -0.25) is 0 Å².